The van der Waals surface area contributed by atoms with Crippen LogP contribution in [0.3, 0.4) is 0 Å². The fraction of sp³-hybridized carbons (Fsp3) is 0.812. The first kappa shape index (κ1) is 17.7. The summed E-state index contributed by atoms with van der Waals surface area (Å²) in [6, 6.07) is -0.337. The Morgan fingerprint density at radius 1 is 1.43 bits per heavy atom. The Kier molecular flexibility index (Phi) is 5.29. The number of nitrogens with one attached hydrogen (secondary N) is 2. The summed E-state index contributed by atoms with van der Waals surface area (Å²) in [5, 5.41) is 24.4. The third kappa shape index (κ3) is 4.02. The highest BCUT2D eigenvalue weighted by Gasteiger charge is 2.31. The molecule has 130 valence electrons. The van der Waals surface area contributed by atoms with E-state index in [1.807, 2.05) is 34.6 Å². The van der Waals surface area contributed by atoms with Gasteiger partial charge in [-0.2, -0.15) is 0 Å². The molecule has 2 atom stereocenters. The van der Waals surface area contributed by atoms with Crippen LogP contribution in [0.15, 0.2) is 0 Å². The molecule has 0 saturated carbocycles. The van der Waals surface area contributed by atoms with Crippen molar-refractivity contribution >= 4 is 6.03 Å². The van der Waals surface area contributed by atoms with E-state index in [0.717, 1.165) is 31.0 Å². The van der Waals surface area contributed by atoms with E-state index in [0.29, 0.717) is 6.54 Å². The van der Waals surface area contributed by atoms with Gasteiger partial charge in [0, 0.05) is 18.5 Å². The van der Waals surface area contributed by atoms with Gasteiger partial charge in [0.25, 0.3) is 0 Å². The van der Waals surface area contributed by atoms with Crippen LogP contribution in [0.25, 0.3) is 0 Å². The monoisotopic (exact) mass is 323 g/mol. The Labute approximate surface area is 137 Å². The van der Waals surface area contributed by atoms with Gasteiger partial charge >= 0.3 is 6.03 Å². The number of aryl methyl sites for hydroxylation is 1. The highest BCUT2D eigenvalue weighted by molar-refractivity contribution is 5.74. The second-order valence-electron chi connectivity index (χ2n) is 7.46. The highest BCUT2D eigenvalue weighted by Crippen LogP contribution is 2.26. The molecule has 2 unspecified atom stereocenters. The third-order valence-electron chi connectivity index (χ3n) is 4.59. The summed E-state index contributed by atoms with van der Waals surface area (Å²) >= 11 is 0. The molecular weight excluding hydrogens is 294 g/mol. The highest BCUT2D eigenvalue weighted by atomic mass is 16.3. The van der Waals surface area contributed by atoms with Crippen LogP contribution >= 0.6 is 0 Å². The van der Waals surface area contributed by atoms with E-state index in [4.69, 9.17) is 0 Å². The zero-order chi connectivity index (χ0) is 17.2. The van der Waals surface area contributed by atoms with Crippen molar-refractivity contribution in [1.29, 1.82) is 0 Å². The summed E-state index contributed by atoms with van der Waals surface area (Å²) in [4.78, 5) is 12.2. The van der Waals surface area contributed by atoms with Crippen LogP contribution in [0.4, 0.5) is 4.79 Å². The van der Waals surface area contributed by atoms with E-state index in [1.54, 1.807) is 0 Å². The Morgan fingerprint density at radius 2 is 2.13 bits per heavy atom. The second-order valence-corrected chi connectivity index (χ2v) is 7.46. The first-order valence-electron chi connectivity index (χ1n) is 8.34. The molecule has 0 saturated heterocycles. The van der Waals surface area contributed by atoms with E-state index in [2.05, 4.69) is 25.4 Å². The predicted molar refractivity (Wildman–Crippen MR) is 87.9 cm³/mol. The lowest BCUT2D eigenvalue weighted by atomic mass is 9.81. The van der Waals surface area contributed by atoms with Crippen LogP contribution in [0, 0.1) is 18.3 Å². The van der Waals surface area contributed by atoms with Gasteiger partial charge in [0.2, 0.25) is 0 Å². The standard InChI is InChI=1S/C16H29N5O2/c1-10(2)13(22)16(4,5)9-17-15(23)18-12-7-6-8-21-11(3)19-20-14(12)21/h10,12-13,22H,6-9H2,1-5H3,(H2,17,18,23). The van der Waals surface area contributed by atoms with Gasteiger partial charge in [-0.15, -0.1) is 10.2 Å². The van der Waals surface area contributed by atoms with Crippen molar-refractivity contribution in [2.45, 2.75) is 66.2 Å². The number of aliphatic hydroxyl groups is 1. The summed E-state index contributed by atoms with van der Waals surface area (Å²) < 4.78 is 2.06. The maximum absolute atomic E-state index is 12.2. The van der Waals surface area contributed by atoms with Crippen molar-refractivity contribution in [3.05, 3.63) is 11.6 Å². The zero-order valence-corrected chi connectivity index (χ0v) is 14.8. The Balaban J connectivity index is 1.91. The molecular formula is C16H29N5O2. The number of urea groups is 1. The van der Waals surface area contributed by atoms with Crippen LogP contribution in [0.1, 0.15) is 58.2 Å². The molecule has 0 spiro atoms. The van der Waals surface area contributed by atoms with Crippen LogP contribution in [0.5, 0.6) is 0 Å². The zero-order valence-electron chi connectivity index (χ0n) is 14.8. The van der Waals surface area contributed by atoms with E-state index in [-0.39, 0.29) is 23.4 Å². The van der Waals surface area contributed by atoms with Gasteiger partial charge in [-0.3, -0.25) is 0 Å². The summed E-state index contributed by atoms with van der Waals surface area (Å²) in [5.74, 6) is 1.85. The summed E-state index contributed by atoms with van der Waals surface area (Å²) in [5.41, 5.74) is -0.380. The number of hydrogen-bond donors (Lipinski definition) is 3. The van der Waals surface area contributed by atoms with Gasteiger partial charge in [-0.05, 0) is 25.7 Å². The molecule has 23 heavy (non-hydrogen) atoms. The average Bonchev–Trinajstić information content (AvgIpc) is 2.87. The Morgan fingerprint density at radius 3 is 2.78 bits per heavy atom. The number of carbonyl (C=O) groups is 1. The first-order chi connectivity index (χ1) is 10.7. The summed E-state index contributed by atoms with van der Waals surface area (Å²) in [6.07, 6.45) is 1.39. The van der Waals surface area contributed by atoms with Crippen LogP contribution in [0.2, 0.25) is 0 Å². The molecule has 1 aromatic heterocycles. The fourth-order valence-corrected chi connectivity index (χ4v) is 3.18. The molecule has 0 radical (unpaired) electrons. The molecule has 2 amide bonds. The smallest absolute Gasteiger partial charge is 0.315 e. The third-order valence-corrected chi connectivity index (χ3v) is 4.59. The minimum atomic E-state index is -0.469. The van der Waals surface area contributed by atoms with Gasteiger partial charge in [0.1, 0.15) is 5.82 Å². The lowest BCUT2D eigenvalue weighted by molar-refractivity contribution is 0.0151. The number of hydrogen-bond acceptors (Lipinski definition) is 4. The molecule has 7 heteroatoms. The SMILES string of the molecule is Cc1nnc2n1CCCC2NC(=O)NCC(C)(C)C(O)C(C)C. The average molecular weight is 323 g/mol. The number of amides is 2. The molecule has 2 rings (SSSR count). The molecule has 1 aliphatic heterocycles. The first-order valence-corrected chi connectivity index (χ1v) is 8.34. The van der Waals surface area contributed by atoms with E-state index < -0.39 is 6.10 Å². The maximum atomic E-state index is 12.2. The summed E-state index contributed by atoms with van der Waals surface area (Å²) in [7, 11) is 0. The van der Waals surface area contributed by atoms with Gasteiger partial charge in [0.15, 0.2) is 5.82 Å². The van der Waals surface area contributed by atoms with Gasteiger partial charge in [-0.25, -0.2) is 4.79 Å². The molecule has 0 aromatic carbocycles. The van der Waals surface area contributed by atoms with Gasteiger partial charge in [0.05, 0.1) is 12.1 Å². The molecule has 0 aliphatic carbocycles. The van der Waals surface area contributed by atoms with E-state index in [1.165, 1.54) is 0 Å². The number of rotatable bonds is 5. The fourth-order valence-electron chi connectivity index (χ4n) is 3.18. The van der Waals surface area contributed by atoms with Crippen LogP contribution in [-0.4, -0.2) is 38.6 Å². The van der Waals surface area contributed by atoms with Crippen LogP contribution in [-0.2, 0) is 6.54 Å². The van der Waals surface area contributed by atoms with Crippen molar-refractivity contribution in [3.8, 4) is 0 Å². The number of nitrogens with zero attached hydrogens (tertiary/aromatic N) is 3. The Hall–Kier alpha value is -1.63. The van der Waals surface area contributed by atoms with Crippen molar-refractivity contribution in [3.63, 3.8) is 0 Å². The lowest BCUT2D eigenvalue weighted by Crippen LogP contribution is -2.47. The normalized spacial score (nSPS) is 19.3. The number of fused-ring (bicyclic) bond motifs is 1. The molecule has 1 aliphatic rings. The van der Waals surface area contributed by atoms with Crippen LogP contribution < -0.4 is 10.6 Å². The number of carbonyl (C=O) groups excluding carboxylic acids is 1. The molecule has 3 N–H and O–H groups in total. The molecule has 0 fully saturated rings. The Bertz CT molecular complexity index is 553. The predicted octanol–water partition coefficient (Wildman–Crippen LogP) is 1.76. The van der Waals surface area contributed by atoms with E-state index >= 15 is 0 Å². The van der Waals surface area contributed by atoms with Gasteiger partial charge < -0.3 is 20.3 Å². The van der Waals surface area contributed by atoms with Crippen molar-refractivity contribution in [2.75, 3.05) is 6.54 Å². The molecule has 7 nitrogen and oxygen atoms in total. The molecule has 2 heterocycles. The molecule has 1 aromatic rings. The van der Waals surface area contributed by atoms with Gasteiger partial charge in [-0.1, -0.05) is 27.7 Å². The number of aromatic nitrogens is 3. The van der Waals surface area contributed by atoms with Crippen molar-refractivity contribution in [1.82, 2.24) is 25.4 Å². The minimum Gasteiger partial charge on any atom is -0.392 e. The minimum absolute atomic E-state index is 0.108. The molecule has 0 bridgehead atoms. The van der Waals surface area contributed by atoms with Crippen molar-refractivity contribution < 1.29 is 9.90 Å². The quantitative estimate of drug-likeness (QED) is 0.770. The van der Waals surface area contributed by atoms with Crippen molar-refractivity contribution in [2.24, 2.45) is 11.3 Å². The maximum Gasteiger partial charge on any atom is 0.315 e. The lowest BCUT2D eigenvalue weighted by Gasteiger charge is -2.33. The second kappa shape index (κ2) is 6.86. The topological polar surface area (TPSA) is 92.1 Å². The van der Waals surface area contributed by atoms with E-state index in [9.17, 15) is 9.90 Å². The number of aliphatic hydroxyl groups excluding tert-OH is 1. The largest absolute Gasteiger partial charge is 0.392 e. The summed E-state index contributed by atoms with van der Waals surface area (Å²) in [6.45, 7) is 11.1.